The molecular weight excluding hydrogens is 491 g/mol. The van der Waals surface area contributed by atoms with Crippen LogP contribution in [0.1, 0.15) is 63.4 Å². The molecule has 36 heavy (non-hydrogen) atoms. The highest BCUT2D eigenvalue weighted by molar-refractivity contribution is 6.37. The molecule has 2 aromatic carbocycles. The number of aliphatic carboxylic acids is 1. The summed E-state index contributed by atoms with van der Waals surface area (Å²) in [6, 6.07) is 10.8. The fourth-order valence-electron chi connectivity index (χ4n) is 6.56. The van der Waals surface area contributed by atoms with Crippen LogP contribution in [0.25, 0.3) is 10.8 Å². The van der Waals surface area contributed by atoms with Gasteiger partial charge in [-0.25, -0.2) is 0 Å². The van der Waals surface area contributed by atoms with E-state index in [0.717, 1.165) is 55.8 Å². The van der Waals surface area contributed by atoms with Gasteiger partial charge in [0.2, 0.25) is 0 Å². The Kier molecular flexibility index (Phi) is 7.42. The summed E-state index contributed by atoms with van der Waals surface area (Å²) in [5, 5.41) is 11.8. The van der Waals surface area contributed by atoms with E-state index in [1.54, 1.807) is 0 Å². The Bertz CT molecular complexity index is 1090. The minimum absolute atomic E-state index is 0.0990. The Morgan fingerprint density at radius 2 is 1.72 bits per heavy atom. The average Bonchev–Trinajstić information content (AvgIpc) is 3.07. The van der Waals surface area contributed by atoms with Crippen molar-refractivity contribution in [3.8, 4) is 5.75 Å². The second-order valence-corrected chi connectivity index (χ2v) is 11.2. The van der Waals surface area contributed by atoms with E-state index in [4.69, 9.17) is 16.3 Å². The zero-order valence-electron chi connectivity index (χ0n) is 20.3. The summed E-state index contributed by atoms with van der Waals surface area (Å²) in [4.78, 5) is 13.9. The van der Waals surface area contributed by atoms with E-state index in [9.17, 15) is 23.1 Å². The summed E-state index contributed by atoms with van der Waals surface area (Å²) in [5.41, 5.74) is 1.23. The van der Waals surface area contributed by atoms with Gasteiger partial charge in [0.05, 0.1) is 23.0 Å². The minimum Gasteiger partial charge on any atom is -0.489 e. The number of alkyl halides is 3. The predicted molar refractivity (Wildman–Crippen MR) is 134 cm³/mol. The van der Waals surface area contributed by atoms with E-state index >= 15 is 0 Å². The number of halogens is 4. The number of piperidine rings is 1. The van der Waals surface area contributed by atoms with Crippen molar-refractivity contribution < 1.29 is 27.8 Å². The second kappa shape index (κ2) is 10.4. The Labute approximate surface area is 214 Å². The van der Waals surface area contributed by atoms with Crippen molar-refractivity contribution in [2.75, 3.05) is 6.54 Å². The smallest absolute Gasteiger partial charge is 0.391 e. The van der Waals surface area contributed by atoms with Gasteiger partial charge in [-0.2, -0.15) is 13.2 Å². The number of carboxylic acids is 1. The lowest BCUT2D eigenvalue weighted by Gasteiger charge is -2.37. The van der Waals surface area contributed by atoms with Crippen molar-refractivity contribution >= 4 is 28.3 Å². The van der Waals surface area contributed by atoms with Gasteiger partial charge < -0.3 is 9.84 Å². The summed E-state index contributed by atoms with van der Waals surface area (Å²) in [6.07, 6.45) is 2.31. The molecule has 3 aliphatic rings. The summed E-state index contributed by atoms with van der Waals surface area (Å²) >= 11 is 6.64. The maximum Gasteiger partial charge on any atom is 0.391 e. The van der Waals surface area contributed by atoms with Gasteiger partial charge in [0.15, 0.2) is 0 Å². The van der Waals surface area contributed by atoms with Crippen LogP contribution in [0, 0.1) is 11.8 Å². The number of nitrogens with zero attached hydrogens (tertiary/aromatic N) is 1. The number of rotatable bonds is 7. The van der Waals surface area contributed by atoms with Crippen molar-refractivity contribution in [2.45, 2.75) is 88.6 Å². The highest BCUT2D eigenvalue weighted by Crippen LogP contribution is 2.41. The van der Waals surface area contributed by atoms with Gasteiger partial charge in [-0.3, -0.25) is 9.69 Å². The molecule has 2 heterocycles. The van der Waals surface area contributed by atoms with Gasteiger partial charge in [0.25, 0.3) is 0 Å². The van der Waals surface area contributed by atoms with Crippen molar-refractivity contribution in [1.29, 1.82) is 0 Å². The number of fused-ring (bicyclic) bond motifs is 3. The van der Waals surface area contributed by atoms with Crippen LogP contribution < -0.4 is 4.74 Å². The Morgan fingerprint density at radius 1 is 1.03 bits per heavy atom. The van der Waals surface area contributed by atoms with Crippen LogP contribution >= 0.6 is 11.6 Å². The van der Waals surface area contributed by atoms with E-state index in [1.807, 2.05) is 18.2 Å². The van der Waals surface area contributed by atoms with Gasteiger partial charge in [-0.1, -0.05) is 35.9 Å². The fourth-order valence-corrected chi connectivity index (χ4v) is 6.84. The summed E-state index contributed by atoms with van der Waals surface area (Å²) in [5.74, 6) is -1.53. The molecule has 1 aliphatic carbocycles. The van der Waals surface area contributed by atoms with Crippen LogP contribution in [0.2, 0.25) is 5.02 Å². The van der Waals surface area contributed by atoms with Crippen LogP contribution in [-0.2, 0) is 11.2 Å². The second-order valence-electron chi connectivity index (χ2n) is 10.8. The zero-order valence-corrected chi connectivity index (χ0v) is 21.0. The van der Waals surface area contributed by atoms with E-state index in [-0.39, 0.29) is 24.9 Å². The molecule has 2 aromatic rings. The first-order valence-corrected chi connectivity index (χ1v) is 13.5. The molecule has 5 rings (SSSR count). The predicted octanol–water partition coefficient (Wildman–Crippen LogP) is 7.25. The Hall–Kier alpha value is -1.99. The highest BCUT2D eigenvalue weighted by Gasteiger charge is 2.43. The topological polar surface area (TPSA) is 49.8 Å². The number of ether oxygens (including phenoxy) is 1. The monoisotopic (exact) mass is 523 g/mol. The lowest BCUT2D eigenvalue weighted by molar-refractivity contribution is -0.185. The summed E-state index contributed by atoms with van der Waals surface area (Å²) in [7, 11) is 0. The van der Waals surface area contributed by atoms with E-state index in [2.05, 4.69) is 17.0 Å². The maximum absolute atomic E-state index is 12.9. The molecule has 2 atom stereocenters. The molecule has 2 bridgehead atoms. The van der Waals surface area contributed by atoms with Gasteiger partial charge in [-0.05, 0) is 87.8 Å². The molecule has 4 nitrogen and oxygen atoms in total. The molecule has 2 aliphatic heterocycles. The summed E-state index contributed by atoms with van der Waals surface area (Å²) in [6.45, 7) is 0.990. The number of benzene rings is 2. The Morgan fingerprint density at radius 3 is 2.36 bits per heavy atom. The molecule has 1 saturated carbocycles. The first-order chi connectivity index (χ1) is 17.2. The SMILES string of the molecule is O=C(O)C1CC2CCC(C1)N2CCCc1ccc2c(Cl)c(OC3CCC(C(F)(F)F)CC3)ccc2c1. The highest BCUT2D eigenvalue weighted by atomic mass is 35.5. The number of carbonyl (C=O) groups is 1. The molecule has 3 fully saturated rings. The van der Waals surface area contributed by atoms with Gasteiger partial charge in [-0.15, -0.1) is 0 Å². The molecule has 0 spiro atoms. The van der Waals surface area contributed by atoms with Crippen molar-refractivity contribution in [3.63, 3.8) is 0 Å². The number of carboxylic acid groups (broad SMARTS) is 1. The average molecular weight is 524 g/mol. The van der Waals surface area contributed by atoms with Crippen LogP contribution in [0.15, 0.2) is 30.3 Å². The first-order valence-electron chi connectivity index (χ1n) is 13.1. The van der Waals surface area contributed by atoms with Gasteiger partial charge in [0, 0.05) is 17.5 Å². The molecule has 1 N–H and O–H groups in total. The first kappa shape index (κ1) is 25.7. The third kappa shape index (κ3) is 5.47. The number of aryl methyl sites for hydroxylation is 1. The molecule has 0 amide bonds. The molecular formula is C28H33ClF3NO3. The molecule has 0 aromatic heterocycles. The zero-order chi connectivity index (χ0) is 25.4. The van der Waals surface area contributed by atoms with Crippen molar-refractivity contribution in [1.82, 2.24) is 4.90 Å². The lowest BCUT2D eigenvalue weighted by atomic mass is 9.87. The van der Waals surface area contributed by atoms with Crippen molar-refractivity contribution in [3.05, 3.63) is 40.9 Å². The van der Waals surface area contributed by atoms with E-state index < -0.39 is 18.1 Å². The van der Waals surface area contributed by atoms with Crippen LogP contribution in [-0.4, -0.2) is 46.9 Å². The quantitative estimate of drug-likeness (QED) is 0.415. The third-order valence-electron chi connectivity index (χ3n) is 8.53. The molecule has 8 heteroatoms. The van der Waals surface area contributed by atoms with Crippen molar-refractivity contribution in [2.24, 2.45) is 11.8 Å². The van der Waals surface area contributed by atoms with E-state index in [0.29, 0.717) is 35.7 Å². The summed E-state index contributed by atoms with van der Waals surface area (Å²) < 4.78 is 44.8. The lowest BCUT2D eigenvalue weighted by Crippen LogP contribution is -2.45. The molecule has 196 valence electrons. The molecule has 2 unspecified atom stereocenters. The largest absolute Gasteiger partial charge is 0.489 e. The van der Waals surface area contributed by atoms with E-state index in [1.165, 1.54) is 5.56 Å². The molecule has 0 radical (unpaired) electrons. The normalized spacial score (nSPS) is 28.9. The molecule has 2 saturated heterocycles. The maximum atomic E-state index is 12.9. The number of hydrogen-bond donors (Lipinski definition) is 1. The van der Waals surface area contributed by atoms with Gasteiger partial charge >= 0.3 is 12.1 Å². The van der Waals surface area contributed by atoms with Crippen LogP contribution in [0.5, 0.6) is 5.75 Å². The van der Waals surface area contributed by atoms with Gasteiger partial charge in [0.1, 0.15) is 5.75 Å². The van der Waals surface area contributed by atoms with Crippen LogP contribution in [0.3, 0.4) is 0 Å². The standard InChI is InChI=1S/C28H33ClF3NO3/c29-26-24-11-3-17(2-1-13-33-21-7-8-22(33)16-19(15-21)27(34)35)14-18(24)4-12-25(26)36-23-9-5-20(6-10-23)28(30,31)32/h3-4,11-12,14,19-23H,1-2,5-10,13,15-16H2,(H,34,35). The van der Waals surface area contributed by atoms with Crippen LogP contribution in [0.4, 0.5) is 13.2 Å². The minimum atomic E-state index is -4.12. The third-order valence-corrected chi connectivity index (χ3v) is 8.92. The Balaban J connectivity index is 1.16. The fraction of sp³-hybridized carbons (Fsp3) is 0.607. The number of hydrogen-bond acceptors (Lipinski definition) is 3.